The van der Waals surface area contributed by atoms with E-state index in [2.05, 4.69) is 30.1 Å². The summed E-state index contributed by atoms with van der Waals surface area (Å²) in [6.07, 6.45) is 7.43. The van der Waals surface area contributed by atoms with E-state index in [1.54, 1.807) is 0 Å². The van der Waals surface area contributed by atoms with Crippen LogP contribution in [-0.4, -0.2) is 29.6 Å². The molecule has 0 radical (unpaired) electrons. The van der Waals surface area contributed by atoms with E-state index in [1.165, 1.54) is 31.2 Å². The van der Waals surface area contributed by atoms with Gasteiger partial charge in [0.1, 0.15) is 0 Å². The van der Waals surface area contributed by atoms with E-state index in [9.17, 15) is 5.11 Å². The molecule has 104 valence electrons. The third kappa shape index (κ3) is 2.70. The predicted octanol–water partition coefficient (Wildman–Crippen LogP) is 3.16. The first-order valence-electron chi connectivity index (χ1n) is 7.72. The summed E-state index contributed by atoms with van der Waals surface area (Å²) in [5.41, 5.74) is 2.48. The van der Waals surface area contributed by atoms with Crippen molar-refractivity contribution in [2.45, 2.75) is 50.7 Å². The summed E-state index contributed by atoms with van der Waals surface area (Å²) in [4.78, 5) is 2.41. The molecule has 2 aliphatic rings. The fraction of sp³-hybridized carbons (Fsp3) is 0.647. The largest absolute Gasteiger partial charge is 0.387 e. The molecule has 0 heterocycles. The summed E-state index contributed by atoms with van der Waals surface area (Å²) in [6.45, 7) is 1.16. The monoisotopic (exact) mass is 259 g/mol. The van der Waals surface area contributed by atoms with Crippen molar-refractivity contribution >= 4 is 0 Å². The maximum atomic E-state index is 10.6. The zero-order chi connectivity index (χ0) is 13.2. The van der Waals surface area contributed by atoms with Crippen molar-refractivity contribution in [2.24, 2.45) is 5.92 Å². The van der Waals surface area contributed by atoms with Crippen molar-refractivity contribution in [2.75, 3.05) is 13.6 Å². The minimum Gasteiger partial charge on any atom is -0.387 e. The molecule has 1 fully saturated rings. The second-order valence-electron chi connectivity index (χ2n) is 6.34. The van der Waals surface area contributed by atoms with Crippen LogP contribution in [0.5, 0.6) is 0 Å². The lowest BCUT2D eigenvalue weighted by Gasteiger charge is -2.37. The van der Waals surface area contributed by atoms with E-state index in [0.29, 0.717) is 6.04 Å². The molecular formula is C17H25NO. The smallest absolute Gasteiger partial charge is 0.0947 e. The molecule has 2 heteroatoms. The van der Waals surface area contributed by atoms with E-state index >= 15 is 0 Å². The molecule has 1 N–H and O–H groups in total. The van der Waals surface area contributed by atoms with Crippen molar-refractivity contribution < 1.29 is 5.11 Å². The molecule has 0 aliphatic heterocycles. The molecular weight excluding hydrogens is 234 g/mol. The summed E-state index contributed by atoms with van der Waals surface area (Å²) in [6, 6.07) is 8.67. The number of nitrogens with zero attached hydrogens (tertiary/aromatic N) is 1. The van der Waals surface area contributed by atoms with Crippen LogP contribution in [0.15, 0.2) is 24.3 Å². The summed E-state index contributed by atoms with van der Waals surface area (Å²) in [7, 11) is 2.19. The number of aryl methyl sites for hydroxylation is 1. The highest BCUT2D eigenvalue weighted by Crippen LogP contribution is 2.34. The summed E-state index contributed by atoms with van der Waals surface area (Å²) in [5, 5.41) is 10.6. The predicted molar refractivity (Wildman–Crippen MR) is 78.1 cm³/mol. The highest BCUT2D eigenvalue weighted by molar-refractivity contribution is 5.32. The molecule has 2 atom stereocenters. The fourth-order valence-corrected chi connectivity index (χ4v) is 3.92. The standard InChI is InChI=1S/C17H25NO/c1-18(12-13-6-2-3-7-13)16-11-10-14-8-4-5-9-15(14)17(16)19/h4-5,8-9,13,16-17,19H,2-3,6-7,10-12H2,1H3. The van der Waals surface area contributed by atoms with Gasteiger partial charge in [0.25, 0.3) is 0 Å². The molecule has 1 saturated carbocycles. The number of rotatable bonds is 3. The molecule has 0 saturated heterocycles. The zero-order valence-electron chi connectivity index (χ0n) is 11.9. The van der Waals surface area contributed by atoms with Crippen LogP contribution in [0, 0.1) is 5.92 Å². The molecule has 1 aromatic carbocycles. The van der Waals surface area contributed by atoms with Gasteiger partial charge >= 0.3 is 0 Å². The van der Waals surface area contributed by atoms with E-state index in [-0.39, 0.29) is 6.10 Å². The van der Waals surface area contributed by atoms with Crippen LogP contribution in [0.3, 0.4) is 0 Å². The van der Waals surface area contributed by atoms with Crippen molar-refractivity contribution in [3.63, 3.8) is 0 Å². The third-order valence-electron chi connectivity index (χ3n) is 5.03. The average molecular weight is 259 g/mol. The fourth-order valence-electron chi connectivity index (χ4n) is 3.92. The Bertz CT molecular complexity index is 425. The van der Waals surface area contributed by atoms with Crippen LogP contribution in [-0.2, 0) is 6.42 Å². The van der Waals surface area contributed by atoms with Gasteiger partial charge in [-0.1, -0.05) is 37.1 Å². The lowest BCUT2D eigenvalue weighted by atomic mass is 9.85. The number of hydrogen-bond donors (Lipinski definition) is 1. The molecule has 0 amide bonds. The molecule has 2 nitrogen and oxygen atoms in total. The molecule has 3 rings (SSSR count). The van der Waals surface area contributed by atoms with Gasteiger partial charge in [-0.05, 0) is 49.8 Å². The van der Waals surface area contributed by atoms with Crippen molar-refractivity contribution in [3.05, 3.63) is 35.4 Å². The Morgan fingerprint density at radius 2 is 1.89 bits per heavy atom. The number of benzene rings is 1. The second-order valence-corrected chi connectivity index (χ2v) is 6.34. The van der Waals surface area contributed by atoms with Gasteiger partial charge < -0.3 is 10.0 Å². The number of aliphatic hydroxyl groups is 1. The lowest BCUT2D eigenvalue weighted by molar-refractivity contribution is 0.0427. The zero-order valence-corrected chi connectivity index (χ0v) is 11.9. The molecule has 0 bridgehead atoms. The maximum absolute atomic E-state index is 10.6. The SMILES string of the molecule is CN(CC1CCCC1)C1CCc2ccccc2C1O. The van der Waals surface area contributed by atoms with Crippen LogP contribution in [0.2, 0.25) is 0 Å². The first-order valence-corrected chi connectivity index (χ1v) is 7.72. The van der Waals surface area contributed by atoms with Crippen LogP contribution < -0.4 is 0 Å². The molecule has 2 unspecified atom stereocenters. The van der Waals surface area contributed by atoms with Crippen LogP contribution >= 0.6 is 0 Å². The van der Waals surface area contributed by atoms with Gasteiger partial charge in [0, 0.05) is 12.6 Å². The molecule has 2 aliphatic carbocycles. The first kappa shape index (κ1) is 13.1. The average Bonchev–Trinajstić information content (AvgIpc) is 2.92. The number of hydrogen-bond acceptors (Lipinski definition) is 2. The van der Waals surface area contributed by atoms with Crippen LogP contribution in [0.25, 0.3) is 0 Å². The third-order valence-corrected chi connectivity index (χ3v) is 5.03. The van der Waals surface area contributed by atoms with Gasteiger partial charge in [-0.25, -0.2) is 0 Å². The van der Waals surface area contributed by atoms with Gasteiger partial charge in [0.2, 0.25) is 0 Å². The number of aliphatic hydroxyl groups excluding tert-OH is 1. The van der Waals surface area contributed by atoms with Crippen molar-refractivity contribution in [1.82, 2.24) is 4.90 Å². The Morgan fingerprint density at radius 3 is 2.68 bits per heavy atom. The highest BCUT2D eigenvalue weighted by atomic mass is 16.3. The molecule has 0 aromatic heterocycles. The minimum absolute atomic E-state index is 0.301. The Kier molecular flexibility index (Phi) is 3.90. The Labute approximate surface area is 116 Å². The van der Waals surface area contributed by atoms with Gasteiger partial charge in [-0.15, -0.1) is 0 Å². The van der Waals surface area contributed by atoms with Gasteiger partial charge in [-0.2, -0.15) is 0 Å². The van der Waals surface area contributed by atoms with Crippen LogP contribution in [0.1, 0.15) is 49.3 Å². The van der Waals surface area contributed by atoms with E-state index in [0.717, 1.165) is 30.9 Å². The van der Waals surface area contributed by atoms with Gasteiger partial charge in [0.05, 0.1) is 6.10 Å². The maximum Gasteiger partial charge on any atom is 0.0947 e. The Balaban J connectivity index is 1.68. The van der Waals surface area contributed by atoms with Crippen LogP contribution in [0.4, 0.5) is 0 Å². The molecule has 0 spiro atoms. The van der Waals surface area contributed by atoms with Gasteiger partial charge in [-0.3, -0.25) is 0 Å². The second kappa shape index (κ2) is 5.64. The topological polar surface area (TPSA) is 23.5 Å². The Hall–Kier alpha value is -0.860. The normalized spacial score (nSPS) is 27.7. The lowest BCUT2D eigenvalue weighted by Crippen LogP contribution is -2.41. The van der Waals surface area contributed by atoms with Gasteiger partial charge in [0.15, 0.2) is 0 Å². The van der Waals surface area contributed by atoms with E-state index in [4.69, 9.17) is 0 Å². The highest BCUT2D eigenvalue weighted by Gasteiger charge is 2.31. The quantitative estimate of drug-likeness (QED) is 0.901. The van der Waals surface area contributed by atoms with Crippen molar-refractivity contribution in [1.29, 1.82) is 0 Å². The van der Waals surface area contributed by atoms with Crippen molar-refractivity contribution in [3.8, 4) is 0 Å². The first-order chi connectivity index (χ1) is 9.25. The van der Waals surface area contributed by atoms with E-state index < -0.39 is 0 Å². The number of fused-ring (bicyclic) bond motifs is 1. The Morgan fingerprint density at radius 1 is 1.16 bits per heavy atom. The molecule has 1 aromatic rings. The minimum atomic E-state index is -0.309. The summed E-state index contributed by atoms with van der Waals surface area (Å²) < 4.78 is 0. The summed E-state index contributed by atoms with van der Waals surface area (Å²) in [5.74, 6) is 0.856. The molecule has 19 heavy (non-hydrogen) atoms. The number of likely N-dealkylation sites (N-methyl/N-ethyl adjacent to an activating group) is 1. The van der Waals surface area contributed by atoms with E-state index in [1.807, 2.05) is 6.07 Å². The summed E-state index contributed by atoms with van der Waals surface area (Å²) >= 11 is 0.